The Morgan fingerprint density at radius 2 is 2.14 bits per heavy atom. The van der Waals surface area contributed by atoms with Gasteiger partial charge >= 0.3 is 0 Å². The lowest BCUT2D eigenvalue weighted by atomic mass is 9.92. The summed E-state index contributed by atoms with van der Waals surface area (Å²) in [5.41, 5.74) is 0.383. The SMILES string of the molecule is CCNc1nccn1CCC(C)(C)C. The van der Waals surface area contributed by atoms with Gasteiger partial charge in [0.05, 0.1) is 0 Å². The molecule has 1 heterocycles. The van der Waals surface area contributed by atoms with Gasteiger partial charge in [0.25, 0.3) is 0 Å². The van der Waals surface area contributed by atoms with Crippen LogP contribution in [0.5, 0.6) is 0 Å². The molecule has 0 bridgehead atoms. The molecule has 0 radical (unpaired) electrons. The van der Waals surface area contributed by atoms with E-state index in [1.54, 1.807) is 0 Å². The van der Waals surface area contributed by atoms with Gasteiger partial charge in [-0.3, -0.25) is 0 Å². The highest BCUT2D eigenvalue weighted by Crippen LogP contribution is 2.20. The second kappa shape index (κ2) is 4.49. The maximum Gasteiger partial charge on any atom is 0.202 e. The van der Waals surface area contributed by atoms with Crippen LogP contribution in [0.3, 0.4) is 0 Å². The molecule has 0 aliphatic rings. The zero-order chi connectivity index (χ0) is 10.6. The topological polar surface area (TPSA) is 29.9 Å². The van der Waals surface area contributed by atoms with Crippen LogP contribution < -0.4 is 5.32 Å². The van der Waals surface area contributed by atoms with Crippen molar-refractivity contribution >= 4 is 5.95 Å². The first kappa shape index (κ1) is 11.1. The van der Waals surface area contributed by atoms with E-state index in [1.165, 1.54) is 6.42 Å². The van der Waals surface area contributed by atoms with Gasteiger partial charge in [0.1, 0.15) is 0 Å². The van der Waals surface area contributed by atoms with E-state index in [1.807, 2.05) is 12.4 Å². The summed E-state index contributed by atoms with van der Waals surface area (Å²) in [6.45, 7) is 10.8. The smallest absolute Gasteiger partial charge is 0.202 e. The van der Waals surface area contributed by atoms with Crippen LogP contribution in [0.15, 0.2) is 12.4 Å². The average molecular weight is 195 g/mol. The van der Waals surface area contributed by atoms with Crippen LogP contribution in [-0.2, 0) is 6.54 Å². The number of imidazole rings is 1. The van der Waals surface area contributed by atoms with Crippen molar-refractivity contribution in [2.24, 2.45) is 5.41 Å². The summed E-state index contributed by atoms with van der Waals surface area (Å²) in [7, 11) is 0. The van der Waals surface area contributed by atoms with Gasteiger partial charge in [-0.15, -0.1) is 0 Å². The van der Waals surface area contributed by atoms with Crippen LogP contribution >= 0.6 is 0 Å². The van der Waals surface area contributed by atoms with Gasteiger partial charge in [-0.1, -0.05) is 20.8 Å². The number of aromatic nitrogens is 2. The lowest BCUT2D eigenvalue weighted by Gasteiger charge is -2.19. The van der Waals surface area contributed by atoms with Gasteiger partial charge in [0.15, 0.2) is 0 Å². The minimum Gasteiger partial charge on any atom is -0.356 e. The fourth-order valence-electron chi connectivity index (χ4n) is 1.27. The predicted octanol–water partition coefficient (Wildman–Crippen LogP) is 2.75. The summed E-state index contributed by atoms with van der Waals surface area (Å²) in [5, 5.41) is 3.24. The number of hydrogen-bond acceptors (Lipinski definition) is 2. The molecule has 14 heavy (non-hydrogen) atoms. The van der Waals surface area contributed by atoms with Crippen molar-refractivity contribution in [2.45, 2.75) is 40.7 Å². The monoisotopic (exact) mass is 195 g/mol. The second-order valence-electron chi connectivity index (χ2n) is 4.79. The Labute approximate surface area is 86.5 Å². The summed E-state index contributed by atoms with van der Waals surface area (Å²) in [4.78, 5) is 4.26. The highest BCUT2D eigenvalue weighted by Gasteiger charge is 2.11. The molecular weight excluding hydrogens is 174 g/mol. The third kappa shape index (κ3) is 3.40. The molecule has 0 fully saturated rings. The van der Waals surface area contributed by atoms with Gasteiger partial charge in [-0.05, 0) is 18.8 Å². The number of aryl methyl sites for hydroxylation is 1. The Hall–Kier alpha value is -0.990. The first-order valence-electron chi connectivity index (χ1n) is 5.28. The molecule has 80 valence electrons. The summed E-state index contributed by atoms with van der Waals surface area (Å²) in [6.07, 6.45) is 5.05. The number of hydrogen-bond donors (Lipinski definition) is 1. The Morgan fingerprint density at radius 1 is 1.43 bits per heavy atom. The predicted molar refractivity (Wildman–Crippen MR) is 60.5 cm³/mol. The van der Waals surface area contributed by atoms with Crippen molar-refractivity contribution in [2.75, 3.05) is 11.9 Å². The highest BCUT2D eigenvalue weighted by atomic mass is 15.2. The standard InChI is InChI=1S/C11H21N3/c1-5-12-10-13-7-9-14(10)8-6-11(2,3)4/h7,9H,5-6,8H2,1-4H3,(H,12,13). The van der Waals surface area contributed by atoms with E-state index in [0.29, 0.717) is 5.41 Å². The van der Waals surface area contributed by atoms with Gasteiger partial charge in [-0.2, -0.15) is 0 Å². The molecule has 0 saturated heterocycles. The minimum absolute atomic E-state index is 0.383. The van der Waals surface area contributed by atoms with E-state index >= 15 is 0 Å². The molecule has 0 atom stereocenters. The van der Waals surface area contributed by atoms with Crippen molar-refractivity contribution < 1.29 is 0 Å². The number of anilines is 1. The second-order valence-corrected chi connectivity index (χ2v) is 4.79. The van der Waals surface area contributed by atoms with Crippen LogP contribution in [0, 0.1) is 5.41 Å². The molecule has 3 nitrogen and oxygen atoms in total. The fraction of sp³-hybridized carbons (Fsp3) is 0.727. The number of nitrogens with zero attached hydrogens (tertiary/aromatic N) is 2. The van der Waals surface area contributed by atoms with Crippen molar-refractivity contribution in [1.29, 1.82) is 0 Å². The molecule has 1 aromatic heterocycles. The first-order chi connectivity index (χ1) is 6.53. The van der Waals surface area contributed by atoms with Crippen LogP contribution in [0.4, 0.5) is 5.95 Å². The van der Waals surface area contributed by atoms with E-state index in [9.17, 15) is 0 Å². The van der Waals surface area contributed by atoms with E-state index < -0.39 is 0 Å². The van der Waals surface area contributed by atoms with Crippen molar-refractivity contribution in [3.8, 4) is 0 Å². The van der Waals surface area contributed by atoms with Crippen LogP contribution in [0.25, 0.3) is 0 Å². The Balaban J connectivity index is 2.53. The van der Waals surface area contributed by atoms with E-state index in [2.05, 4.69) is 42.6 Å². The molecule has 0 aliphatic heterocycles. The molecule has 3 heteroatoms. The number of rotatable bonds is 4. The normalized spacial score (nSPS) is 11.7. The summed E-state index contributed by atoms with van der Waals surface area (Å²) in [6, 6.07) is 0. The molecule has 0 saturated carbocycles. The minimum atomic E-state index is 0.383. The zero-order valence-electron chi connectivity index (χ0n) is 9.67. The molecule has 1 N–H and O–H groups in total. The fourth-order valence-corrected chi connectivity index (χ4v) is 1.27. The van der Waals surface area contributed by atoms with Crippen molar-refractivity contribution in [3.63, 3.8) is 0 Å². The summed E-state index contributed by atoms with van der Waals surface area (Å²) >= 11 is 0. The first-order valence-corrected chi connectivity index (χ1v) is 5.28. The lowest BCUT2D eigenvalue weighted by Crippen LogP contribution is -2.12. The van der Waals surface area contributed by atoms with E-state index in [-0.39, 0.29) is 0 Å². The van der Waals surface area contributed by atoms with Crippen LogP contribution in [0.2, 0.25) is 0 Å². The molecule has 1 aromatic rings. The number of nitrogens with one attached hydrogen (secondary N) is 1. The third-order valence-electron chi connectivity index (χ3n) is 2.15. The molecular formula is C11H21N3. The summed E-state index contributed by atoms with van der Waals surface area (Å²) in [5.74, 6) is 0.983. The van der Waals surface area contributed by atoms with Gasteiger partial charge in [0, 0.05) is 25.5 Å². The maximum atomic E-state index is 4.26. The average Bonchev–Trinajstić information content (AvgIpc) is 2.48. The molecule has 0 aliphatic carbocycles. The Kier molecular flexibility index (Phi) is 3.55. The summed E-state index contributed by atoms with van der Waals surface area (Å²) < 4.78 is 2.18. The molecule has 0 spiro atoms. The van der Waals surface area contributed by atoms with Crippen molar-refractivity contribution in [1.82, 2.24) is 9.55 Å². The molecule has 0 unspecified atom stereocenters. The lowest BCUT2D eigenvalue weighted by molar-refractivity contribution is 0.351. The Bertz CT molecular complexity index is 270. The van der Waals surface area contributed by atoms with Crippen molar-refractivity contribution in [3.05, 3.63) is 12.4 Å². The quantitative estimate of drug-likeness (QED) is 0.800. The Morgan fingerprint density at radius 3 is 2.71 bits per heavy atom. The molecule has 0 aromatic carbocycles. The van der Waals surface area contributed by atoms with Crippen LogP contribution in [0.1, 0.15) is 34.1 Å². The molecule has 1 rings (SSSR count). The highest BCUT2D eigenvalue weighted by molar-refractivity contribution is 5.25. The van der Waals surface area contributed by atoms with Gasteiger partial charge in [-0.25, -0.2) is 4.98 Å². The molecule has 0 amide bonds. The zero-order valence-corrected chi connectivity index (χ0v) is 9.67. The van der Waals surface area contributed by atoms with Gasteiger partial charge < -0.3 is 9.88 Å². The van der Waals surface area contributed by atoms with Crippen LogP contribution in [-0.4, -0.2) is 16.1 Å². The largest absolute Gasteiger partial charge is 0.356 e. The van der Waals surface area contributed by atoms with E-state index in [0.717, 1.165) is 19.0 Å². The third-order valence-corrected chi connectivity index (χ3v) is 2.15. The van der Waals surface area contributed by atoms with Gasteiger partial charge in [0.2, 0.25) is 5.95 Å². The maximum absolute atomic E-state index is 4.26. The van der Waals surface area contributed by atoms with E-state index in [4.69, 9.17) is 0 Å².